The highest BCUT2D eigenvalue weighted by Gasteiger charge is 2.14. The predicted molar refractivity (Wildman–Crippen MR) is 83.7 cm³/mol. The number of halogens is 3. The van der Waals surface area contributed by atoms with Crippen molar-refractivity contribution in [2.24, 2.45) is 5.73 Å². The van der Waals surface area contributed by atoms with E-state index in [1.165, 1.54) is 6.07 Å². The van der Waals surface area contributed by atoms with E-state index in [9.17, 15) is 4.39 Å². The molecule has 2 nitrogen and oxygen atoms in total. The van der Waals surface area contributed by atoms with Gasteiger partial charge in [0.05, 0.1) is 6.04 Å². The van der Waals surface area contributed by atoms with Gasteiger partial charge in [-0.05, 0) is 36.4 Å². The van der Waals surface area contributed by atoms with Gasteiger partial charge in [-0.1, -0.05) is 37.9 Å². The number of hydrogen-bond donors (Lipinski definition) is 2. The van der Waals surface area contributed by atoms with E-state index in [2.05, 4.69) is 37.2 Å². The van der Waals surface area contributed by atoms with Gasteiger partial charge >= 0.3 is 0 Å². The third-order valence-corrected chi connectivity index (χ3v) is 3.78. The number of benzene rings is 2. The molecule has 0 aromatic heterocycles. The molecule has 0 aliphatic rings. The van der Waals surface area contributed by atoms with E-state index in [0.29, 0.717) is 16.6 Å². The van der Waals surface area contributed by atoms with Crippen LogP contribution in [0.4, 0.5) is 10.1 Å². The molecule has 0 amide bonds. The largest absolute Gasteiger partial charge is 0.377 e. The van der Waals surface area contributed by atoms with Crippen molar-refractivity contribution in [2.75, 3.05) is 11.9 Å². The first-order chi connectivity index (χ1) is 9.10. The van der Waals surface area contributed by atoms with Gasteiger partial charge in [-0.2, -0.15) is 0 Å². The first-order valence-electron chi connectivity index (χ1n) is 5.77. The van der Waals surface area contributed by atoms with Gasteiger partial charge in [-0.3, -0.25) is 0 Å². The number of nitrogens with two attached hydrogens (primary N) is 1. The summed E-state index contributed by atoms with van der Waals surface area (Å²) in [5.41, 5.74) is 7.21. The van der Waals surface area contributed by atoms with Gasteiger partial charge in [-0.25, -0.2) is 4.39 Å². The molecule has 5 heteroatoms. The lowest BCUT2D eigenvalue weighted by molar-refractivity contribution is 0.592. The van der Waals surface area contributed by atoms with E-state index in [0.717, 1.165) is 10.2 Å². The van der Waals surface area contributed by atoms with E-state index in [4.69, 9.17) is 5.73 Å². The van der Waals surface area contributed by atoms with Crippen molar-refractivity contribution in [3.05, 3.63) is 62.8 Å². The van der Waals surface area contributed by atoms with E-state index in [1.54, 1.807) is 6.07 Å². The zero-order valence-corrected chi connectivity index (χ0v) is 13.2. The summed E-state index contributed by atoms with van der Waals surface area (Å²) in [4.78, 5) is 0. The summed E-state index contributed by atoms with van der Waals surface area (Å²) >= 11 is 6.62. The second-order valence-corrected chi connectivity index (χ2v) is 5.94. The fourth-order valence-electron chi connectivity index (χ4n) is 1.80. The zero-order chi connectivity index (χ0) is 13.8. The lowest BCUT2D eigenvalue weighted by atomic mass is 10.1. The van der Waals surface area contributed by atoms with Crippen molar-refractivity contribution < 1.29 is 4.39 Å². The van der Waals surface area contributed by atoms with E-state index >= 15 is 0 Å². The molecule has 0 spiro atoms. The molecule has 2 aromatic carbocycles. The van der Waals surface area contributed by atoms with Crippen molar-refractivity contribution in [3.63, 3.8) is 0 Å². The highest BCUT2D eigenvalue weighted by Crippen LogP contribution is 2.24. The van der Waals surface area contributed by atoms with Crippen LogP contribution < -0.4 is 11.1 Å². The van der Waals surface area contributed by atoms with Gasteiger partial charge in [0.25, 0.3) is 0 Å². The quantitative estimate of drug-likeness (QED) is 0.812. The van der Waals surface area contributed by atoms with Crippen LogP contribution in [0.15, 0.2) is 51.4 Å². The molecule has 0 saturated carbocycles. The van der Waals surface area contributed by atoms with E-state index < -0.39 is 0 Å². The molecule has 0 radical (unpaired) electrons. The van der Waals surface area contributed by atoms with E-state index in [-0.39, 0.29) is 11.9 Å². The normalized spacial score (nSPS) is 12.2. The van der Waals surface area contributed by atoms with Crippen LogP contribution in [0.25, 0.3) is 0 Å². The molecule has 0 bridgehead atoms. The Morgan fingerprint density at radius 1 is 1.05 bits per heavy atom. The molecule has 100 valence electrons. The average Bonchev–Trinajstić information content (AvgIpc) is 2.39. The highest BCUT2D eigenvalue weighted by molar-refractivity contribution is 9.10. The van der Waals surface area contributed by atoms with Gasteiger partial charge in [0.1, 0.15) is 5.82 Å². The maximum atomic E-state index is 13.9. The predicted octanol–water partition coefficient (Wildman–Crippen LogP) is 4.46. The topological polar surface area (TPSA) is 38.0 Å². The minimum absolute atomic E-state index is 0.255. The molecule has 3 N–H and O–H groups in total. The van der Waals surface area contributed by atoms with Gasteiger partial charge in [0.15, 0.2) is 0 Å². The van der Waals surface area contributed by atoms with Crippen LogP contribution in [0, 0.1) is 5.82 Å². The maximum absolute atomic E-state index is 13.9. The van der Waals surface area contributed by atoms with Crippen molar-refractivity contribution in [1.82, 2.24) is 0 Å². The Labute approximate surface area is 128 Å². The summed E-state index contributed by atoms with van der Waals surface area (Å²) in [6, 6.07) is 12.4. The molecule has 1 atom stereocenters. The van der Waals surface area contributed by atoms with Crippen LogP contribution in [-0.2, 0) is 0 Å². The highest BCUT2D eigenvalue weighted by atomic mass is 79.9. The standard InChI is InChI=1S/C14H13Br2FN2/c15-9-1-4-11(5-2-9)19-14(8-18)12-6-3-10(16)7-13(12)17/h1-7,14,19H,8,18H2. The maximum Gasteiger partial charge on any atom is 0.129 e. The summed E-state index contributed by atoms with van der Waals surface area (Å²) in [7, 11) is 0. The minimum Gasteiger partial charge on any atom is -0.377 e. The first kappa shape index (κ1) is 14.5. The van der Waals surface area contributed by atoms with Gasteiger partial charge in [0.2, 0.25) is 0 Å². The molecule has 0 aliphatic carbocycles. The fourth-order valence-corrected chi connectivity index (χ4v) is 2.39. The number of anilines is 1. The Morgan fingerprint density at radius 2 is 1.68 bits per heavy atom. The van der Waals surface area contributed by atoms with Crippen molar-refractivity contribution >= 4 is 37.5 Å². The Kier molecular flexibility index (Phi) is 4.96. The van der Waals surface area contributed by atoms with Crippen LogP contribution in [-0.4, -0.2) is 6.54 Å². The summed E-state index contributed by atoms with van der Waals surface area (Å²) in [6.45, 7) is 0.314. The van der Waals surface area contributed by atoms with Crippen LogP contribution >= 0.6 is 31.9 Å². The fraction of sp³-hybridized carbons (Fsp3) is 0.143. The second kappa shape index (κ2) is 6.50. The zero-order valence-electron chi connectivity index (χ0n) is 10.0. The Morgan fingerprint density at radius 3 is 2.26 bits per heavy atom. The SMILES string of the molecule is NCC(Nc1ccc(Br)cc1)c1ccc(Br)cc1F. The summed E-state index contributed by atoms with van der Waals surface area (Å²) in [5.74, 6) is -0.269. The molecule has 2 aromatic rings. The first-order valence-corrected chi connectivity index (χ1v) is 7.36. The summed E-state index contributed by atoms with van der Waals surface area (Å²) < 4.78 is 15.6. The minimum atomic E-state index is -0.269. The Bertz CT molecular complexity index is 558. The molecule has 2 rings (SSSR count). The molecule has 0 aliphatic heterocycles. The van der Waals surface area contributed by atoms with Crippen LogP contribution in [0.5, 0.6) is 0 Å². The number of nitrogens with one attached hydrogen (secondary N) is 1. The lowest BCUT2D eigenvalue weighted by Crippen LogP contribution is -2.21. The molecule has 19 heavy (non-hydrogen) atoms. The van der Waals surface area contributed by atoms with Crippen molar-refractivity contribution in [1.29, 1.82) is 0 Å². The van der Waals surface area contributed by atoms with Gasteiger partial charge in [-0.15, -0.1) is 0 Å². The second-order valence-electron chi connectivity index (χ2n) is 4.11. The Balaban J connectivity index is 2.22. The number of hydrogen-bond acceptors (Lipinski definition) is 2. The van der Waals surface area contributed by atoms with Gasteiger partial charge in [0, 0.05) is 26.7 Å². The molecule has 1 unspecified atom stereocenters. The van der Waals surface area contributed by atoms with Gasteiger partial charge < -0.3 is 11.1 Å². The molecular formula is C14H13Br2FN2. The van der Waals surface area contributed by atoms with Crippen LogP contribution in [0.3, 0.4) is 0 Å². The smallest absolute Gasteiger partial charge is 0.129 e. The third-order valence-electron chi connectivity index (χ3n) is 2.76. The van der Waals surface area contributed by atoms with Crippen LogP contribution in [0.1, 0.15) is 11.6 Å². The molecule has 0 fully saturated rings. The van der Waals surface area contributed by atoms with Crippen molar-refractivity contribution in [2.45, 2.75) is 6.04 Å². The monoisotopic (exact) mass is 386 g/mol. The van der Waals surface area contributed by atoms with Crippen LogP contribution in [0.2, 0.25) is 0 Å². The lowest BCUT2D eigenvalue weighted by Gasteiger charge is -2.19. The molecular weight excluding hydrogens is 375 g/mol. The Hall–Kier alpha value is -0.910. The summed E-state index contributed by atoms with van der Waals surface area (Å²) in [6.07, 6.45) is 0. The molecule has 0 heterocycles. The van der Waals surface area contributed by atoms with E-state index in [1.807, 2.05) is 30.3 Å². The summed E-state index contributed by atoms with van der Waals surface area (Å²) in [5, 5.41) is 3.23. The molecule has 0 saturated heterocycles. The average molecular weight is 388 g/mol. The third kappa shape index (κ3) is 3.78. The number of rotatable bonds is 4. The van der Waals surface area contributed by atoms with Crippen molar-refractivity contribution in [3.8, 4) is 0 Å².